The van der Waals surface area contributed by atoms with Gasteiger partial charge in [-0.15, -0.1) is 0 Å². The van der Waals surface area contributed by atoms with Crippen molar-refractivity contribution >= 4 is 6.03 Å². The predicted octanol–water partition coefficient (Wildman–Crippen LogP) is 6.06. The first-order chi connectivity index (χ1) is 20.8. The zero-order valence-electron chi connectivity index (χ0n) is 28.6. The number of amides is 2. The lowest BCUT2D eigenvalue weighted by Gasteiger charge is -2.25. The van der Waals surface area contributed by atoms with Crippen LogP contribution >= 0.6 is 0 Å². The molecule has 2 amide bonds. The van der Waals surface area contributed by atoms with Gasteiger partial charge in [-0.05, 0) is 46.2 Å². The van der Waals surface area contributed by atoms with Crippen molar-refractivity contribution in [2.75, 3.05) is 67.8 Å². The molecule has 0 radical (unpaired) electrons. The molecular weight excluding hydrogens is 560 g/mol. The SMILES string of the molecule is COCc1cc(C(C)(C)C)cc(COC)c1OCCN1CCN(CCOc2c(COC)cc(C(C)(C)C)cc2COC)C1=O. The van der Waals surface area contributed by atoms with Crippen LogP contribution in [-0.2, 0) is 56.2 Å². The highest BCUT2D eigenvalue weighted by atomic mass is 16.5. The number of ether oxygens (including phenoxy) is 6. The van der Waals surface area contributed by atoms with E-state index in [-0.39, 0.29) is 16.9 Å². The second-order valence-electron chi connectivity index (χ2n) is 13.4. The second kappa shape index (κ2) is 15.9. The van der Waals surface area contributed by atoms with Gasteiger partial charge in [0.05, 0.1) is 39.5 Å². The molecule has 0 N–H and O–H groups in total. The van der Waals surface area contributed by atoms with Gasteiger partial charge in [0.25, 0.3) is 0 Å². The van der Waals surface area contributed by atoms with Crippen LogP contribution < -0.4 is 9.47 Å². The Kier molecular flexibility index (Phi) is 12.9. The lowest BCUT2D eigenvalue weighted by Crippen LogP contribution is -2.36. The highest BCUT2D eigenvalue weighted by Gasteiger charge is 2.29. The molecule has 9 heteroatoms. The molecule has 2 aromatic rings. The minimum Gasteiger partial charge on any atom is -0.491 e. The fourth-order valence-electron chi connectivity index (χ4n) is 5.36. The van der Waals surface area contributed by atoms with Gasteiger partial charge in [-0.2, -0.15) is 0 Å². The molecule has 44 heavy (non-hydrogen) atoms. The van der Waals surface area contributed by atoms with E-state index in [2.05, 4.69) is 65.8 Å². The maximum absolute atomic E-state index is 13.2. The van der Waals surface area contributed by atoms with Gasteiger partial charge >= 0.3 is 6.03 Å². The fourth-order valence-corrected chi connectivity index (χ4v) is 5.36. The van der Waals surface area contributed by atoms with Crippen LogP contribution in [0.15, 0.2) is 24.3 Å². The van der Waals surface area contributed by atoms with Crippen molar-refractivity contribution in [3.8, 4) is 11.5 Å². The van der Waals surface area contributed by atoms with Crippen LogP contribution in [0, 0.1) is 0 Å². The summed E-state index contributed by atoms with van der Waals surface area (Å²) in [6.07, 6.45) is 0. The van der Waals surface area contributed by atoms with Crippen molar-refractivity contribution in [1.29, 1.82) is 0 Å². The highest BCUT2D eigenvalue weighted by molar-refractivity contribution is 5.76. The van der Waals surface area contributed by atoms with Crippen molar-refractivity contribution in [2.45, 2.75) is 78.8 Å². The summed E-state index contributed by atoms with van der Waals surface area (Å²) >= 11 is 0. The Labute approximate surface area is 264 Å². The average molecular weight is 615 g/mol. The molecule has 0 saturated carbocycles. The van der Waals surface area contributed by atoms with Crippen LogP contribution in [0.25, 0.3) is 0 Å². The highest BCUT2D eigenvalue weighted by Crippen LogP contribution is 2.34. The average Bonchev–Trinajstić information content (AvgIpc) is 3.29. The van der Waals surface area contributed by atoms with E-state index in [1.807, 2.05) is 9.80 Å². The van der Waals surface area contributed by atoms with E-state index in [4.69, 9.17) is 28.4 Å². The van der Waals surface area contributed by atoms with Crippen LogP contribution in [-0.4, -0.2) is 83.7 Å². The molecule has 1 fully saturated rings. The van der Waals surface area contributed by atoms with E-state index in [1.165, 1.54) is 11.1 Å². The molecule has 9 nitrogen and oxygen atoms in total. The lowest BCUT2D eigenvalue weighted by atomic mass is 9.84. The van der Waals surface area contributed by atoms with Gasteiger partial charge in [-0.1, -0.05) is 41.5 Å². The van der Waals surface area contributed by atoms with Gasteiger partial charge in [0.2, 0.25) is 0 Å². The quantitative estimate of drug-likeness (QED) is 0.227. The summed E-state index contributed by atoms with van der Waals surface area (Å²) in [7, 11) is 6.73. The van der Waals surface area contributed by atoms with Crippen LogP contribution in [0.5, 0.6) is 11.5 Å². The van der Waals surface area contributed by atoms with E-state index >= 15 is 0 Å². The fraction of sp³-hybridized carbons (Fsp3) is 0.629. The minimum atomic E-state index is -0.0226. The minimum absolute atomic E-state index is 0.00757. The summed E-state index contributed by atoms with van der Waals surface area (Å²) in [6.45, 7) is 17.9. The topological polar surface area (TPSA) is 78.9 Å². The Morgan fingerprint density at radius 2 is 0.864 bits per heavy atom. The molecule has 0 atom stereocenters. The summed E-state index contributed by atoms with van der Waals surface area (Å²) in [5.74, 6) is 1.55. The zero-order valence-corrected chi connectivity index (χ0v) is 28.6. The Morgan fingerprint density at radius 3 is 1.11 bits per heavy atom. The van der Waals surface area contributed by atoms with Crippen LogP contribution in [0.1, 0.15) is 74.9 Å². The summed E-state index contributed by atoms with van der Waals surface area (Å²) in [5.41, 5.74) is 6.28. The normalized spacial score (nSPS) is 14.1. The number of hydrogen-bond donors (Lipinski definition) is 0. The van der Waals surface area contributed by atoms with Crippen molar-refractivity contribution in [3.63, 3.8) is 0 Å². The van der Waals surface area contributed by atoms with E-state index in [0.717, 1.165) is 33.8 Å². The van der Waals surface area contributed by atoms with Crippen LogP contribution in [0.3, 0.4) is 0 Å². The smallest absolute Gasteiger partial charge is 0.320 e. The molecule has 0 unspecified atom stereocenters. The number of carbonyl (C=O) groups is 1. The number of benzene rings is 2. The third-order valence-electron chi connectivity index (χ3n) is 7.81. The zero-order chi connectivity index (χ0) is 32.5. The molecule has 1 aliphatic heterocycles. The van der Waals surface area contributed by atoms with Gasteiger partial charge in [0.15, 0.2) is 0 Å². The maximum Gasteiger partial charge on any atom is 0.320 e. The van der Waals surface area contributed by atoms with Crippen molar-refractivity contribution in [3.05, 3.63) is 57.6 Å². The van der Waals surface area contributed by atoms with Gasteiger partial charge in [0, 0.05) is 63.8 Å². The van der Waals surface area contributed by atoms with E-state index in [0.29, 0.717) is 65.8 Å². The molecule has 1 aliphatic rings. The Balaban J connectivity index is 1.63. The summed E-state index contributed by atoms with van der Waals surface area (Å²) in [4.78, 5) is 16.9. The first-order valence-corrected chi connectivity index (χ1v) is 15.4. The number of methoxy groups -OCH3 is 4. The standard InChI is InChI=1S/C35H54N2O7/c1-34(2,3)29-17-25(21-39-7)31(26(18-29)22-40-8)43-15-13-36-11-12-37(33(36)38)14-16-44-32-27(23-41-9)19-30(35(4,5)6)20-28(32)24-42-10/h17-20H,11-16,21-24H2,1-10H3. The first-order valence-electron chi connectivity index (χ1n) is 15.4. The molecule has 3 rings (SSSR count). The summed E-state index contributed by atoms with van der Waals surface area (Å²) in [5, 5.41) is 0. The van der Waals surface area contributed by atoms with Crippen molar-refractivity contribution in [2.24, 2.45) is 0 Å². The predicted molar refractivity (Wildman–Crippen MR) is 173 cm³/mol. The van der Waals surface area contributed by atoms with Crippen LogP contribution in [0.4, 0.5) is 4.79 Å². The van der Waals surface area contributed by atoms with Gasteiger partial charge < -0.3 is 38.2 Å². The molecule has 1 heterocycles. The monoisotopic (exact) mass is 614 g/mol. The molecule has 1 saturated heterocycles. The number of urea groups is 1. The van der Waals surface area contributed by atoms with E-state index in [9.17, 15) is 4.79 Å². The molecule has 0 bridgehead atoms. The van der Waals surface area contributed by atoms with Crippen LogP contribution in [0.2, 0.25) is 0 Å². The number of nitrogens with zero attached hydrogens (tertiary/aromatic N) is 2. The summed E-state index contributed by atoms with van der Waals surface area (Å²) in [6, 6.07) is 8.58. The maximum atomic E-state index is 13.2. The van der Waals surface area contributed by atoms with Crippen molar-refractivity contribution < 1.29 is 33.2 Å². The summed E-state index contributed by atoms with van der Waals surface area (Å²) < 4.78 is 34.6. The number of carbonyl (C=O) groups excluding carboxylic acids is 1. The Bertz CT molecular complexity index is 1090. The van der Waals surface area contributed by atoms with Gasteiger partial charge in [-0.3, -0.25) is 0 Å². The Morgan fingerprint density at radius 1 is 0.568 bits per heavy atom. The molecule has 246 valence electrons. The third kappa shape index (κ3) is 9.33. The number of rotatable bonds is 16. The first kappa shape index (κ1) is 35.6. The van der Waals surface area contributed by atoms with E-state index in [1.54, 1.807) is 28.4 Å². The molecule has 0 spiro atoms. The van der Waals surface area contributed by atoms with E-state index < -0.39 is 0 Å². The Hall–Kier alpha value is -2.85. The second-order valence-corrected chi connectivity index (χ2v) is 13.4. The van der Waals surface area contributed by atoms with Gasteiger partial charge in [0.1, 0.15) is 24.7 Å². The van der Waals surface area contributed by atoms with Gasteiger partial charge in [-0.25, -0.2) is 4.79 Å². The largest absolute Gasteiger partial charge is 0.491 e. The molecule has 0 aliphatic carbocycles. The molecule has 0 aromatic heterocycles. The number of hydrogen-bond acceptors (Lipinski definition) is 7. The third-order valence-corrected chi connectivity index (χ3v) is 7.81. The molecular formula is C35H54N2O7. The lowest BCUT2D eigenvalue weighted by molar-refractivity contribution is 0.159. The molecule has 2 aromatic carbocycles. The van der Waals surface area contributed by atoms with Crippen molar-refractivity contribution in [1.82, 2.24) is 9.80 Å².